The summed E-state index contributed by atoms with van der Waals surface area (Å²) in [6.45, 7) is 2.80. The topological polar surface area (TPSA) is 15.3 Å². The van der Waals surface area contributed by atoms with Gasteiger partial charge in [-0.25, -0.2) is 4.39 Å². The molecule has 2 nitrogen and oxygen atoms in total. The number of alkyl halides is 1. The van der Waals surface area contributed by atoms with Gasteiger partial charge in [0, 0.05) is 19.1 Å². The number of likely N-dealkylation sites (N-methyl/N-ethyl adjacent to an activating group) is 1. The van der Waals surface area contributed by atoms with Crippen LogP contribution < -0.4 is 5.32 Å². The van der Waals surface area contributed by atoms with E-state index >= 15 is 0 Å². The van der Waals surface area contributed by atoms with Crippen molar-refractivity contribution in [3.8, 4) is 0 Å². The zero-order chi connectivity index (χ0) is 8.60. The monoisotopic (exact) mass is 172 g/mol. The molecule has 0 aromatic heterocycles. The zero-order valence-corrected chi connectivity index (χ0v) is 7.65. The van der Waals surface area contributed by atoms with E-state index in [-0.39, 0.29) is 0 Å². The van der Waals surface area contributed by atoms with E-state index in [9.17, 15) is 4.39 Å². The lowest BCUT2D eigenvalue weighted by Crippen LogP contribution is -2.36. The molecule has 1 saturated carbocycles. The van der Waals surface area contributed by atoms with Crippen molar-refractivity contribution >= 4 is 0 Å². The Hall–Kier alpha value is -0.150. The molecule has 1 atom stereocenters. The Kier molecular flexibility index (Phi) is 2.09. The summed E-state index contributed by atoms with van der Waals surface area (Å²) in [5.74, 6) is 0. The van der Waals surface area contributed by atoms with Gasteiger partial charge in [-0.05, 0) is 32.9 Å². The standard InChI is InChI=1S/C9H17FN2/c1-12-5-2-8(6-12)11-7-9(10)3-4-9/h8,11H,2-7H2,1H3. The van der Waals surface area contributed by atoms with E-state index in [2.05, 4.69) is 17.3 Å². The quantitative estimate of drug-likeness (QED) is 0.677. The van der Waals surface area contributed by atoms with Crippen LogP contribution in [-0.4, -0.2) is 43.3 Å². The van der Waals surface area contributed by atoms with Gasteiger partial charge in [0.2, 0.25) is 0 Å². The van der Waals surface area contributed by atoms with Crippen LogP contribution in [0.3, 0.4) is 0 Å². The van der Waals surface area contributed by atoms with E-state index in [0.717, 1.165) is 25.9 Å². The molecule has 2 fully saturated rings. The smallest absolute Gasteiger partial charge is 0.123 e. The average molecular weight is 172 g/mol. The minimum absolute atomic E-state index is 0.531. The summed E-state index contributed by atoms with van der Waals surface area (Å²) in [5.41, 5.74) is -0.832. The molecule has 12 heavy (non-hydrogen) atoms. The minimum Gasteiger partial charge on any atom is -0.309 e. The number of nitrogens with one attached hydrogen (secondary N) is 1. The van der Waals surface area contributed by atoms with E-state index in [1.807, 2.05) is 0 Å². The first-order chi connectivity index (χ1) is 5.68. The van der Waals surface area contributed by atoms with Crippen molar-refractivity contribution in [1.29, 1.82) is 0 Å². The van der Waals surface area contributed by atoms with Crippen LogP contribution in [0.1, 0.15) is 19.3 Å². The van der Waals surface area contributed by atoms with Gasteiger partial charge < -0.3 is 10.2 Å². The van der Waals surface area contributed by atoms with Crippen molar-refractivity contribution in [3.05, 3.63) is 0 Å². The van der Waals surface area contributed by atoms with Crippen LogP contribution in [0.2, 0.25) is 0 Å². The van der Waals surface area contributed by atoms with E-state index in [4.69, 9.17) is 0 Å². The Bertz CT molecular complexity index is 168. The molecule has 0 radical (unpaired) electrons. The summed E-state index contributed by atoms with van der Waals surface area (Å²) in [7, 11) is 2.12. The molecular weight excluding hydrogens is 155 g/mol. The highest BCUT2D eigenvalue weighted by atomic mass is 19.1. The summed E-state index contributed by atoms with van der Waals surface area (Å²) >= 11 is 0. The van der Waals surface area contributed by atoms with Crippen LogP contribution in [-0.2, 0) is 0 Å². The third-order valence-electron chi connectivity index (χ3n) is 2.89. The second-order valence-corrected chi connectivity index (χ2v) is 4.28. The molecule has 0 aromatic rings. The molecule has 0 spiro atoms. The van der Waals surface area contributed by atoms with Gasteiger partial charge in [0.15, 0.2) is 0 Å². The lowest BCUT2D eigenvalue weighted by atomic mass is 10.2. The van der Waals surface area contributed by atoms with Crippen LogP contribution in [0.25, 0.3) is 0 Å². The zero-order valence-electron chi connectivity index (χ0n) is 7.65. The van der Waals surface area contributed by atoms with Crippen molar-refractivity contribution in [2.45, 2.75) is 31.0 Å². The molecule has 0 amide bonds. The molecule has 1 unspecified atom stereocenters. The molecule has 1 heterocycles. The number of halogens is 1. The third kappa shape index (κ3) is 1.96. The normalized spacial score (nSPS) is 34.0. The third-order valence-corrected chi connectivity index (χ3v) is 2.89. The van der Waals surface area contributed by atoms with Crippen molar-refractivity contribution in [1.82, 2.24) is 10.2 Å². The number of likely N-dealkylation sites (tertiary alicyclic amines) is 1. The van der Waals surface area contributed by atoms with Gasteiger partial charge in [-0.15, -0.1) is 0 Å². The van der Waals surface area contributed by atoms with Crippen molar-refractivity contribution in [2.24, 2.45) is 0 Å². The maximum absolute atomic E-state index is 13.2. The van der Waals surface area contributed by atoms with E-state index < -0.39 is 5.67 Å². The fraction of sp³-hybridized carbons (Fsp3) is 1.00. The second-order valence-electron chi connectivity index (χ2n) is 4.28. The molecule has 3 heteroatoms. The number of rotatable bonds is 3. The van der Waals surface area contributed by atoms with Crippen molar-refractivity contribution in [3.63, 3.8) is 0 Å². The fourth-order valence-electron chi connectivity index (χ4n) is 1.74. The van der Waals surface area contributed by atoms with Crippen LogP contribution in [0.15, 0.2) is 0 Å². The molecule has 70 valence electrons. The summed E-state index contributed by atoms with van der Waals surface area (Å²) < 4.78 is 13.2. The molecule has 0 aromatic carbocycles. The first-order valence-corrected chi connectivity index (χ1v) is 4.79. The number of hydrogen-bond donors (Lipinski definition) is 1. The van der Waals surface area contributed by atoms with Gasteiger partial charge in [-0.3, -0.25) is 0 Å². The Morgan fingerprint density at radius 3 is 2.83 bits per heavy atom. The maximum atomic E-state index is 13.2. The highest BCUT2D eigenvalue weighted by Gasteiger charge is 2.43. The number of hydrogen-bond acceptors (Lipinski definition) is 2. The molecule has 0 bridgehead atoms. The first-order valence-electron chi connectivity index (χ1n) is 4.79. The lowest BCUT2D eigenvalue weighted by Gasteiger charge is -2.14. The highest BCUT2D eigenvalue weighted by molar-refractivity contribution is 4.97. The molecule has 1 aliphatic carbocycles. The van der Waals surface area contributed by atoms with Crippen LogP contribution in [0.4, 0.5) is 4.39 Å². The Labute approximate surface area is 73.1 Å². The predicted octanol–water partition coefficient (Wildman–Crippen LogP) is 0.782. The molecule has 2 rings (SSSR count). The molecule has 2 aliphatic rings. The van der Waals surface area contributed by atoms with E-state index in [0.29, 0.717) is 12.6 Å². The predicted molar refractivity (Wildman–Crippen MR) is 47.0 cm³/mol. The number of nitrogens with zero attached hydrogens (tertiary/aromatic N) is 1. The van der Waals surface area contributed by atoms with Crippen LogP contribution in [0, 0.1) is 0 Å². The van der Waals surface area contributed by atoms with Gasteiger partial charge in [0.25, 0.3) is 0 Å². The lowest BCUT2D eigenvalue weighted by molar-refractivity contribution is 0.282. The average Bonchev–Trinajstić information content (AvgIpc) is 2.60. The fourth-order valence-corrected chi connectivity index (χ4v) is 1.74. The van der Waals surface area contributed by atoms with Crippen LogP contribution in [0.5, 0.6) is 0 Å². The van der Waals surface area contributed by atoms with Gasteiger partial charge in [0.1, 0.15) is 5.67 Å². The van der Waals surface area contributed by atoms with Crippen molar-refractivity contribution in [2.75, 3.05) is 26.7 Å². The molecular formula is C9H17FN2. The SMILES string of the molecule is CN1CCC(NCC2(F)CC2)C1. The van der Waals surface area contributed by atoms with Crippen molar-refractivity contribution < 1.29 is 4.39 Å². The van der Waals surface area contributed by atoms with Gasteiger partial charge >= 0.3 is 0 Å². The largest absolute Gasteiger partial charge is 0.309 e. The van der Waals surface area contributed by atoms with Gasteiger partial charge in [-0.1, -0.05) is 0 Å². The highest BCUT2D eigenvalue weighted by Crippen LogP contribution is 2.38. The Morgan fingerprint density at radius 2 is 2.33 bits per heavy atom. The molecule has 1 N–H and O–H groups in total. The van der Waals surface area contributed by atoms with E-state index in [1.165, 1.54) is 6.42 Å². The van der Waals surface area contributed by atoms with Gasteiger partial charge in [-0.2, -0.15) is 0 Å². The summed E-state index contributed by atoms with van der Waals surface area (Å²) in [4.78, 5) is 2.29. The Morgan fingerprint density at radius 1 is 1.58 bits per heavy atom. The molecule has 1 aliphatic heterocycles. The minimum atomic E-state index is -0.832. The van der Waals surface area contributed by atoms with Crippen LogP contribution >= 0.6 is 0 Å². The summed E-state index contributed by atoms with van der Waals surface area (Å²) in [6.07, 6.45) is 2.71. The maximum Gasteiger partial charge on any atom is 0.123 e. The van der Waals surface area contributed by atoms with Gasteiger partial charge in [0.05, 0.1) is 0 Å². The van der Waals surface area contributed by atoms with E-state index in [1.54, 1.807) is 0 Å². The molecule has 1 saturated heterocycles. The first kappa shape index (κ1) is 8.45. The summed E-state index contributed by atoms with van der Waals surface area (Å²) in [5, 5.41) is 3.30. The Balaban J connectivity index is 1.67. The second kappa shape index (κ2) is 2.96. The summed E-state index contributed by atoms with van der Waals surface area (Å²) in [6, 6.07) is 0.531.